The van der Waals surface area contributed by atoms with Gasteiger partial charge in [-0.1, -0.05) is 11.6 Å². The minimum absolute atomic E-state index is 0.0127. The zero-order chi connectivity index (χ0) is 12.8. The first-order chi connectivity index (χ1) is 7.84. The van der Waals surface area contributed by atoms with E-state index in [1.54, 1.807) is 0 Å². The van der Waals surface area contributed by atoms with Gasteiger partial charge in [-0.3, -0.25) is 9.59 Å². The molecule has 0 aromatic heterocycles. The number of halogens is 1. The zero-order valence-electron chi connectivity index (χ0n) is 8.81. The zero-order valence-corrected chi connectivity index (χ0v) is 10.4. The Morgan fingerprint density at radius 3 is 2.65 bits per heavy atom. The lowest BCUT2D eigenvalue weighted by molar-refractivity contribution is -0.116. The molecule has 0 saturated heterocycles. The van der Waals surface area contributed by atoms with E-state index in [9.17, 15) is 18.0 Å². The van der Waals surface area contributed by atoms with Crippen molar-refractivity contribution in [3.63, 3.8) is 0 Å². The van der Waals surface area contributed by atoms with Gasteiger partial charge in [0.2, 0.25) is 0 Å². The minimum Gasteiger partial charge on any atom is -0.298 e. The predicted molar refractivity (Wildman–Crippen MR) is 60.4 cm³/mol. The topological polar surface area (TPSA) is 71.5 Å². The van der Waals surface area contributed by atoms with Crippen molar-refractivity contribution in [2.45, 2.75) is 11.8 Å². The fraction of sp³-hybridized carbons (Fsp3) is 0.200. The van der Waals surface area contributed by atoms with E-state index >= 15 is 0 Å². The number of benzene rings is 1. The molecule has 1 amide bonds. The Hall–Kier alpha value is -1.40. The second-order valence-corrected chi connectivity index (χ2v) is 5.93. The lowest BCUT2D eigenvalue weighted by Crippen LogP contribution is -2.34. The molecular weight excluding hydrogens is 266 g/mol. The van der Waals surface area contributed by atoms with Crippen molar-refractivity contribution >= 4 is 33.3 Å². The van der Waals surface area contributed by atoms with E-state index in [1.807, 2.05) is 0 Å². The quantitative estimate of drug-likeness (QED) is 0.808. The number of carbonyl (C=O) groups excluding carboxylic acids is 2. The Kier molecular flexibility index (Phi) is 2.71. The maximum atomic E-state index is 12.0. The second-order valence-electron chi connectivity index (χ2n) is 3.66. The van der Waals surface area contributed by atoms with Gasteiger partial charge in [-0.05, 0) is 25.1 Å². The van der Waals surface area contributed by atoms with Crippen molar-refractivity contribution in [2.24, 2.45) is 0 Å². The first-order valence-corrected chi connectivity index (χ1v) is 6.52. The van der Waals surface area contributed by atoms with Gasteiger partial charge in [0.05, 0.1) is 12.1 Å². The molecule has 0 spiro atoms. The molecule has 90 valence electrons. The van der Waals surface area contributed by atoms with Crippen LogP contribution in [0.2, 0.25) is 5.02 Å². The van der Waals surface area contributed by atoms with Gasteiger partial charge >= 0.3 is 0 Å². The number of nitrogens with zero attached hydrogens (tertiary/aromatic N) is 1. The molecule has 1 aromatic rings. The van der Waals surface area contributed by atoms with Gasteiger partial charge in [0.1, 0.15) is 10.7 Å². The van der Waals surface area contributed by atoms with Gasteiger partial charge in [0.15, 0.2) is 0 Å². The smallest absolute Gasteiger partial charge is 0.269 e. The molecule has 17 heavy (non-hydrogen) atoms. The summed E-state index contributed by atoms with van der Waals surface area (Å²) >= 11 is 5.70. The van der Waals surface area contributed by atoms with Gasteiger partial charge in [-0.15, -0.1) is 0 Å². The predicted octanol–water partition coefficient (Wildman–Crippen LogP) is 1.07. The Morgan fingerprint density at radius 2 is 2.06 bits per heavy atom. The van der Waals surface area contributed by atoms with Gasteiger partial charge in [0, 0.05) is 5.02 Å². The first-order valence-electron chi connectivity index (χ1n) is 4.70. The molecule has 1 heterocycles. The maximum Gasteiger partial charge on any atom is 0.269 e. The van der Waals surface area contributed by atoms with E-state index in [2.05, 4.69) is 0 Å². The number of fused-ring (bicyclic) bond motifs is 1. The van der Waals surface area contributed by atoms with Crippen molar-refractivity contribution in [1.82, 2.24) is 4.31 Å². The van der Waals surface area contributed by atoms with Crippen LogP contribution in [0.3, 0.4) is 0 Å². The monoisotopic (exact) mass is 273 g/mol. The average Bonchev–Trinajstić information content (AvgIpc) is 2.39. The highest BCUT2D eigenvalue weighted by Crippen LogP contribution is 2.31. The van der Waals surface area contributed by atoms with Gasteiger partial charge in [-0.25, -0.2) is 12.7 Å². The van der Waals surface area contributed by atoms with E-state index in [0.29, 0.717) is 4.31 Å². The van der Waals surface area contributed by atoms with E-state index in [0.717, 1.165) is 0 Å². The summed E-state index contributed by atoms with van der Waals surface area (Å²) in [5.74, 6) is -1.11. The summed E-state index contributed by atoms with van der Waals surface area (Å²) < 4.78 is 24.5. The van der Waals surface area contributed by atoms with Crippen LogP contribution in [0.1, 0.15) is 17.3 Å². The highest BCUT2D eigenvalue weighted by atomic mass is 35.5. The third kappa shape index (κ3) is 1.83. The fourth-order valence-corrected chi connectivity index (χ4v) is 3.36. The van der Waals surface area contributed by atoms with E-state index in [4.69, 9.17) is 11.6 Å². The molecule has 1 aliphatic rings. The summed E-state index contributed by atoms with van der Waals surface area (Å²) in [6, 6.07) is 3.95. The lowest BCUT2D eigenvalue weighted by Gasteiger charge is -2.12. The molecule has 1 aliphatic heterocycles. The molecule has 0 radical (unpaired) electrons. The number of amides is 1. The molecule has 0 unspecified atom stereocenters. The molecule has 0 fully saturated rings. The highest BCUT2D eigenvalue weighted by molar-refractivity contribution is 7.90. The van der Waals surface area contributed by atoms with Crippen LogP contribution in [0.25, 0.3) is 0 Å². The summed E-state index contributed by atoms with van der Waals surface area (Å²) in [4.78, 5) is 22.7. The number of rotatable bonds is 2. The van der Waals surface area contributed by atoms with Crippen LogP contribution < -0.4 is 0 Å². The van der Waals surface area contributed by atoms with Crippen molar-refractivity contribution in [3.05, 3.63) is 28.8 Å². The number of Topliss-reactive ketones (excluding diaryl/α,β-unsaturated/α-hetero) is 1. The molecule has 0 saturated carbocycles. The van der Waals surface area contributed by atoms with Crippen molar-refractivity contribution in [2.75, 3.05) is 6.54 Å². The van der Waals surface area contributed by atoms with Crippen LogP contribution in [-0.4, -0.2) is 31.0 Å². The average molecular weight is 274 g/mol. The number of carbonyl (C=O) groups is 2. The molecule has 0 bridgehead atoms. The summed E-state index contributed by atoms with van der Waals surface area (Å²) in [7, 11) is -3.90. The van der Waals surface area contributed by atoms with E-state index in [1.165, 1.54) is 25.1 Å². The van der Waals surface area contributed by atoms with Crippen LogP contribution in [0, 0.1) is 0 Å². The van der Waals surface area contributed by atoms with Gasteiger partial charge in [-0.2, -0.15) is 0 Å². The molecule has 7 heteroatoms. The summed E-state index contributed by atoms with van der Waals surface area (Å²) in [5.41, 5.74) is 0.0127. The Morgan fingerprint density at radius 1 is 1.41 bits per heavy atom. The maximum absolute atomic E-state index is 12.0. The third-order valence-electron chi connectivity index (χ3n) is 2.33. The second kappa shape index (κ2) is 3.82. The summed E-state index contributed by atoms with van der Waals surface area (Å²) in [6.07, 6.45) is 0. The van der Waals surface area contributed by atoms with E-state index < -0.39 is 28.3 Å². The van der Waals surface area contributed by atoms with Crippen LogP contribution in [0.4, 0.5) is 0 Å². The van der Waals surface area contributed by atoms with Crippen LogP contribution in [0.15, 0.2) is 23.1 Å². The van der Waals surface area contributed by atoms with Gasteiger partial charge < -0.3 is 0 Å². The number of ketones is 1. The Bertz CT molecular complexity index is 623. The molecule has 5 nitrogen and oxygen atoms in total. The van der Waals surface area contributed by atoms with Crippen molar-refractivity contribution in [1.29, 1.82) is 0 Å². The Balaban J connectivity index is 2.60. The van der Waals surface area contributed by atoms with Crippen LogP contribution in [-0.2, 0) is 14.8 Å². The van der Waals surface area contributed by atoms with Gasteiger partial charge in [0.25, 0.3) is 15.9 Å². The Labute approximate surface area is 103 Å². The summed E-state index contributed by atoms with van der Waals surface area (Å²) in [6.45, 7) is 0.770. The summed E-state index contributed by atoms with van der Waals surface area (Å²) in [5, 5.41) is 0.275. The van der Waals surface area contributed by atoms with Crippen LogP contribution in [0.5, 0.6) is 0 Å². The highest BCUT2D eigenvalue weighted by Gasteiger charge is 2.41. The first kappa shape index (κ1) is 12.1. The molecular formula is C10H8ClNO4S. The number of hydrogen-bond donors (Lipinski definition) is 0. The molecule has 0 aliphatic carbocycles. The largest absolute Gasteiger partial charge is 0.298 e. The SMILES string of the molecule is CC(=O)CN1C(=O)c2cc(Cl)ccc2S1(=O)=O. The normalized spacial score (nSPS) is 17.1. The minimum atomic E-state index is -3.90. The molecule has 0 atom stereocenters. The molecule has 2 rings (SSSR count). The van der Waals surface area contributed by atoms with Crippen LogP contribution >= 0.6 is 11.6 Å². The van der Waals surface area contributed by atoms with Crippen molar-refractivity contribution in [3.8, 4) is 0 Å². The number of sulfonamides is 1. The standard InChI is InChI=1S/C10H8ClNO4S/c1-6(13)5-12-10(14)8-4-7(11)2-3-9(8)17(12,15)16/h2-4H,5H2,1H3. The molecule has 0 N–H and O–H groups in total. The lowest BCUT2D eigenvalue weighted by atomic mass is 10.2. The fourth-order valence-electron chi connectivity index (χ4n) is 1.62. The van der Waals surface area contributed by atoms with Crippen molar-refractivity contribution < 1.29 is 18.0 Å². The van der Waals surface area contributed by atoms with E-state index in [-0.39, 0.29) is 15.5 Å². The number of hydrogen-bond acceptors (Lipinski definition) is 4. The third-order valence-corrected chi connectivity index (χ3v) is 4.35. The molecule has 1 aromatic carbocycles.